The lowest BCUT2D eigenvalue weighted by Crippen LogP contribution is -2.17. The zero-order valence-corrected chi connectivity index (χ0v) is 18.6. The number of nitrogens with two attached hydrogens (primary N) is 1. The van der Waals surface area contributed by atoms with E-state index in [0.717, 1.165) is 4.47 Å². The Labute approximate surface area is 188 Å². The van der Waals surface area contributed by atoms with E-state index in [4.69, 9.17) is 5.14 Å². The number of carbonyl (C=O) groups excluding carboxylic acids is 2. The minimum Gasteiger partial charge on any atom is -0.326 e. The number of hydrogen-bond donors (Lipinski definition) is 3. The Morgan fingerprint density at radius 2 is 1.55 bits per heavy atom. The maximum Gasteiger partial charge on any atom is 0.238 e. The summed E-state index contributed by atoms with van der Waals surface area (Å²) in [7, 11) is -3.87. The first-order valence-electron chi connectivity index (χ1n) is 9.16. The zero-order chi connectivity index (χ0) is 22.4. The Balaban J connectivity index is 1.57. The van der Waals surface area contributed by atoms with Gasteiger partial charge < -0.3 is 10.6 Å². The second-order valence-electron chi connectivity index (χ2n) is 6.58. The van der Waals surface area contributed by atoms with E-state index in [0.29, 0.717) is 22.6 Å². The first-order valence-corrected chi connectivity index (χ1v) is 11.5. The number of hydrogen-bond acceptors (Lipinski definition) is 5. The third-order valence-corrected chi connectivity index (χ3v) is 5.69. The maximum atomic E-state index is 12.1. The first-order chi connectivity index (χ1) is 14.7. The van der Waals surface area contributed by atoms with Crippen LogP contribution in [0.4, 0.5) is 11.5 Å². The Kier molecular flexibility index (Phi) is 7.16. The number of carbonyl (C=O) groups is 2. The molecule has 0 bridgehead atoms. The summed E-state index contributed by atoms with van der Waals surface area (Å²) < 4.78 is 24.4. The molecule has 31 heavy (non-hydrogen) atoms. The SMILES string of the molecule is NS(=O)(=O)c1ccccc1-c1ccc(NC(=O)CCC(=O)Nc2ccc(Br)cn2)cc1. The van der Waals surface area contributed by atoms with Crippen LogP contribution in [0.1, 0.15) is 12.8 Å². The van der Waals surface area contributed by atoms with Crippen LogP contribution in [-0.2, 0) is 19.6 Å². The molecule has 0 aliphatic carbocycles. The lowest BCUT2D eigenvalue weighted by atomic mass is 10.1. The van der Waals surface area contributed by atoms with Crippen molar-refractivity contribution in [3.8, 4) is 11.1 Å². The van der Waals surface area contributed by atoms with Gasteiger partial charge in [0.2, 0.25) is 21.8 Å². The van der Waals surface area contributed by atoms with E-state index in [9.17, 15) is 18.0 Å². The van der Waals surface area contributed by atoms with Gasteiger partial charge in [0.1, 0.15) is 5.82 Å². The van der Waals surface area contributed by atoms with Gasteiger partial charge in [-0.1, -0.05) is 30.3 Å². The molecule has 2 aromatic carbocycles. The fraction of sp³-hybridized carbons (Fsp3) is 0.0952. The number of primary sulfonamides is 1. The highest BCUT2D eigenvalue weighted by atomic mass is 79.9. The molecule has 4 N–H and O–H groups in total. The summed E-state index contributed by atoms with van der Waals surface area (Å²) >= 11 is 3.26. The monoisotopic (exact) mass is 502 g/mol. The molecule has 3 rings (SSSR count). The second kappa shape index (κ2) is 9.82. The van der Waals surface area contributed by atoms with Crippen LogP contribution < -0.4 is 15.8 Å². The Morgan fingerprint density at radius 1 is 0.903 bits per heavy atom. The van der Waals surface area contributed by atoms with E-state index in [1.165, 1.54) is 6.07 Å². The van der Waals surface area contributed by atoms with Crippen LogP contribution in [0, 0.1) is 0 Å². The van der Waals surface area contributed by atoms with E-state index in [1.807, 2.05) is 0 Å². The van der Waals surface area contributed by atoms with Crippen molar-refractivity contribution in [2.24, 2.45) is 5.14 Å². The molecule has 0 radical (unpaired) electrons. The molecule has 0 fully saturated rings. The number of aromatic nitrogens is 1. The van der Waals surface area contributed by atoms with Gasteiger partial charge in [0.05, 0.1) is 4.90 Å². The van der Waals surface area contributed by atoms with Gasteiger partial charge in [0.25, 0.3) is 0 Å². The van der Waals surface area contributed by atoms with Gasteiger partial charge in [-0.05, 0) is 51.8 Å². The number of pyridine rings is 1. The maximum absolute atomic E-state index is 12.1. The number of halogens is 1. The molecule has 8 nitrogen and oxygen atoms in total. The average Bonchev–Trinajstić information content (AvgIpc) is 2.74. The molecule has 0 saturated carbocycles. The van der Waals surface area contributed by atoms with Gasteiger partial charge in [0, 0.05) is 34.8 Å². The fourth-order valence-electron chi connectivity index (χ4n) is 2.79. The molecular weight excluding hydrogens is 484 g/mol. The number of nitrogens with zero attached hydrogens (tertiary/aromatic N) is 1. The van der Waals surface area contributed by atoms with E-state index < -0.39 is 10.0 Å². The summed E-state index contributed by atoms with van der Waals surface area (Å²) in [6.45, 7) is 0. The number of benzene rings is 2. The molecule has 0 unspecified atom stereocenters. The minimum absolute atomic E-state index is 0.00162. The van der Waals surface area contributed by atoms with Crippen LogP contribution in [0.25, 0.3) is 11.1 Å². The van der Waals surface area contributed by atoms with Gasteiger partial charge in [-0.15, -0.1) is 0 Å². The van der Waals surface area contributed by atoms with Gasteiger partial charge in [-0.3, -0.25) is 9.59 Å². The van der Waals surface area contributed by atoms with Crippen molar-refractivity contribution >= 4 is 49.3 Å². The second-order valence-corrected chi connectivity index (χ2v) is 9.02. The van der Waals surface area contributed by atoms with E-state index >= 15 is 0 Å². The Morgan fingerprint density at radius 3 is 2.16 bits per heavy atom. The molecule has 10 heteroatoms. The molecule has 3 aromatic rings. The van der Waals surface area contributed by atoms with E-state index in [2.05, 4.69) is 31.5 Å². The summed E-state index contributed by atoms with van der Waals surface area (Å²) in [4.78, 5) is 28.2. The Hall–Kier alpha value is -3.08. The van der Waals surface area contributed by atoms with Gasteiger partial charge in [-0.2, -0.15) is 0 Å². The largest absolute Gasteiger partial charge is 0.326 e. The van der Waals surface area contributed by atoms with Crippen molar-refractivity contribution in [2.45, 2.75) is 17.7 Å². The molecule has 1 heterocycles. The molecule has 0 aliphatic heterocycles. The molecule has 0 saturated heterocycles. The predicted octanol–water partition coefficient (Wildman–Crippen LogP) is 3.52. The summed E-state index contributed by atoms with van der Waals surface area (Å²) in [5.41, 5.74) is 1.64. The fourth-order valence-corrected chi connectivity index (χ4v) is 3.79. The van der Waals surface area contributed by atoms with Crippen molar-refractivity contribution in [3.05, 3.63) is 71.3 Å². The number of rotatable bonds is 7. The zero-order valence-electron chi connectivity index (χ0n) is 16.2. The molecule has 0 spiro atoms. The van der Waals surface area contributed by atoms with Crippen LogP contribution in [0.5, 0.6) is 0 Å². The summed E-state index contributed by atoms with van der Waals surface area (Å²) in [5, 5.41) is 10.6. The van der Waals surface area contributed by atoms with Crippen molar-refractivity contribution in [1.82, 2.24) is 4.98 Å². The van der Waals surface area contributed by atoms with Gasteiger partial charge >= 0.3 is 0 Å². The highest BCUT2D eigenvalue weighted by Gasteiger charge is 2.14. The summed E-state index contributed by atoms with van der Waals surface area (Å²) in [5.74, 6) is -0.236. The lowest BCUT2D eigenvalue weighted by molar-refractivity contribution is -0.121. The molecule has 160 valence electrons. The molecule has 0 atom stereocenters. The van der Waals surface area contributed by atoms with Crippen molar-refractivity contribution in [3.63, 3.8) is 0 Å². The van der Waals surface area contributed by atoms with Crippen molar-refractivity contribution in [2.75, 3.05) is 10.6 Å². The third kappa shape index (κ3) is 6.45. The quantitative estimate of drug-likeness (QED) is 0.454. The van der Waals surface area contributed by atoms with E-state index in [-0.39, 0.29) is 29.6 Å². The number of amides is 2. The molecular formula is C21H19BrN4O4S. The average molecular weight is 503 g/mol. The molecule has 2 amide bonds. The van der Waals surface area contributed by atoms with Gasteiger partial charge in [0.15, 0.2) is 0 Å². The highest BCUT2D eigenvalue weighted by Crippen LogP contribution is 2.27. The predicted molar refractivity (Wildman–Crippen MR) is 122 cm³/mol. The van der Waals surface area contributed by atoms with Crippen molar-refractivity contribution in [1.29, 1.82) is 0 Å². The van der Waals surface area contributed by atoms with E-state index in [1.54, 1.807) is 60.8 Å². The van der Waals surface area contributed by atoms with Crippen LogP contribution in [0.2, 0.25) is 0 Å². The van der Waals surface area contributed by atoms with Crippen molar-refractivity contribution < 1.29 is 18.0 Å². The molecule has 0 aliphatic rings. The normalized spacial score (nSPS) is 11.0. The number of sulfonamides is 1. The lowest BCUT2D eigenvalue weighted by Gasteiger charge is -2.10. The first kappa shape index (κ1) is 22.6. The highest BCUT2D eigenvalue weighted by molar-refractivity contribution is 9.10. The minimum atomic E-state index is -3.87. The smallest absolute Gasteiger partial charge is 0.238 e. The Bertz CT molecular complexity index is 1200. The van der Waals surface area contributed by atoms with Crippen LogP contribution in [-0.4, -0.2) is 25.2 Å². The third-order valence-electron chi connectivity index (χ3n) is 4.25. The van der Waals surface area contributed by atoms with Gasteiger partial charge in [-0.25, -0.2) is 18.5 Å². The summed E-state index contributed by atoms with van der Waals surface area (Å²) in [6.07, 6.45) is 1.56. The molecule has 1 aromatic heterocycles. The van der Waals surface area contributed by atoms with Crippen LogP contribution in [0.3, 0.4) is 0 Å². The number of anilines is 2. The standard InChI is InChI=1S/C21H19BrN4O4S/c22-15-7-10-19(24-13-15)26-21(28)12-11-20(27)25-16-8-5-14(6-9-16)17-3-1-2-4-18(17)31(23,29)30/h1-10,13H,11-12H2,(H,25,27)(H2,23,29,30)(H,24,26,28). The topological polar surface area (TPSA) is 131 Å². The summed E-state index contributed by atoms with van der Waals surface area (Å²) in [6, 6.07) is 16.5. The van der Waals surface area contributed by atoms with Crippen LogP contribution in [0.15, 0.2) is 76.2 Å². The number of nitrogens with one attached hydrogen (secondary N) is 2. The van der Waals surface area contributed by atoms with Crippen LogP contribution >= 0.6 is 15.9 Å².